The number of piperidine rings is 1. The number of rotatable bonds is 2. The Morgan fingerprint density at radius 3 is 2.50 bits per heavy atom. The number of likely N-dealkylation sites (tertiary alicyclic amines) is 1. The van der Waals surface area contributed by atoms with Gasteiger partial charge in [-0.25, -0.2) is 4.79 Å². The van der Waals surface area contributed by atoms with Crippen LogP contribution in [-0.4, -0.2) is 66.7 Å². The normalized spacial score (nSPS) is 23.9. The largest absolute Gasteiger partial charge is 0.377 e. The molecule has 1 atom stereocenters. The molecule has 0 aromatic carbocycles. The van der Waals surface area contributed by atoms with Gasteiger partial charge in [0.2, 0.25) is 5.91 Å². The highest BCUT2D eigenvalue weighted by Gasteiger charge is 2.35. The van der Waals surface area contributed by atoms with Crippen molar-refractivity contribution in [3.05, 3.63) is 0 Å². The standard InChI is InChI=1S/C14H25N3O3/c1-11(2)15-13(18)12-10-20-9-8-17(12)14(19)16-6-4-3-5-7-16/h11-12H,3-10H2,1-2H3,(H,15,18). The van der Waals surface area contributed by atoms with Gasteiger partial charge in [0.1, 0.15) is 6.04 Å². The number of hydrogen-bond donors (Lipinski definition) is 1. The van der Waals surface area contributed by atoms with Gasteiger partial charge in [0.15, 0.2) is 0 Å². The first kappa shape index (κ1) is 15.1. The van der Waals surface area contributed by atoms with Crippen molar-refractivity contribution < 1.29 is 14.3 Å². The molecule has 20 heavy (non-hydrogen) atoms. The van der Waals surface area contributed by atoms with Crippen LogP contribution in [0.25, 0.3) is 0 Å². The third-order valence-corrected chi connectivity index (χ3v) is 3.73. The van der Waals surface area contributed by atoms with E-state index in [2.05, 4.69) is 5.32 Å². The minimum Gasteiger partial charge on any atom is -0.377 e. The summed E-state index contributed by atoms with van der Waals surface area (Å²) in [6, 6.07) is -0.450. The number of amides is 3. The summed E-state index contributed by atoms with van der Waals surface area (Å²) in [5.74, 6) is -0.120. The van der Waals surface area contributed by atoms with E-state index in [0.717, 1.165) is 25.9 Å². The highest BCUT2D eigenvalue weighted by atomic mass is 16.5. The minimum atomic E-state index is -0.499. The molecule has 2 heterocycles. The number of morpholine rings is 1. The fourth-order valence-electron chi connectivity index (χ4n) is 2.70. The molecule has 1 N–H and O–H groups in total. The van der Waals surface area contributed by atoms with Crippen LogP contribution in [0.15, 0.2) is 0 Å². The van der Waals surface area contributed by atoms with Crippen molar-refractivity contribution in [2.45, 2.75) is 45.2 Å². The van der Waals surface area contributed by atoms with Crippen molar-refractivity contribution in [1.82, 2.24) is 15.1 Å². The first-order chi connectivity index (χ1) is 9.59. The predicted octanol–water partition coefficient (Wildman–Crippen LogP) is 0.818. The van der Waals surface area contributed by atoms with Gasteiger partial charge in [-0.15, -0.1) is 0 Å². The van der Waals surface area contributed by atoms with E-state index in [0.29, 0.717) is 13.2 Å². The molecule has 0 aliphatic carbocycles. The zero-order valence-corrected chi connectivity index (χ0v) is 12.4. The summed E-state index contributed by atoms with van der Waals surface area (Å²) in [7, 11) is 0. The average molecular weight is 283 g/mol. The highest BCUT2D eigenvalue weighted by molar-refractivity contribution is 5.87. The molecule has 0 aromatic rings. The Kier molecular flexibility index (Phi) is 5.23. The Hall–Kier alpha value is -1.30. The lowest BCUT2D eigenvalue weighted by Crippen LogP contribution is -2.60. The van der Waals surface area contributed by atoms with Gasteiger partial charge < -0.3 is 19.9 Å². The molecule has 2 aliphatic heterocycles. The maximum Gasteiger partial charge on any atom is 0.320 e. The van der Waals surface area contributed by atoms with Crippen molar-refractivity contribution in [2.75, 3.05) is 32.8 Å². The summed E-state index contributed by atoms with van der Waals surface area (Å²) in [5, 5.41) is 2.87. The number of carbonyl (C=O) groups excluding carboxylic acids is 2. The minimum absolute atomic E-state index is 0.0168. The van der Waals surface area contributed by atoms with E-state index in [1.807, 2.05) is 18.7 Å². The summed E-state index contributed by atoms with van der Waals surface area (Å²) in [6.07, 6.45) is 3.29. The van der Waals surface area contributed by atoms with E-state index >= 15 is 0 Å². The molecule has 0 spiro atoms. The lowest BCUT2D eigenvalue weighted by Gasteiger charge is -2.39. The smallest absolute Gasteiger partial charge is 0.320 e. The van der Waals surface area contributed by atoms with Crippen LogP contribution in [0, 0.1) is 0 Å². The van der Waals surface area contributed by atoms with Crippen LogP contribution in [0.1, 0.15) is 33.1 Å². The number of nitrogens with one attached hydrogen (secondary N) is 1. The molecular formula is C14H25N3O3. The van der Waals surface area contributed by atoms with Crippen LogP contribution in [0.4, 0.5) is 4.79 Å². The van der Waals surface area contributed by atoms with Crippen molar-refractivity contribution in [3.8, 4) is 0 Å². The van der Waals surface area contributed by atoms with Crippen molar-refractivity contribution in [2.24, 2.45) is 0 Å². The summed E-state index contributed by atoms with van der Waals surface area (Å²) in [6.45, 7) is 6.72. The van der Waals surface area contributed by atoms with E-state index in [1.165, 1.54) is 6.42 Å². The molecule has 0 saturated carbocycles. The second kappa shape index (κ2) is 6.92. The molecule has 2 rings (SSSR count). The summed E-state index contributed by atoms with van der Waals surface area (Å²) in [5.41, 5.74) is 0. The third-order valence-electron chi connectivity index (χ3n) is 3.73. The predicted molar refractivity (Wildman–Crippen MR) is 75.4 cm³/mol. The summed E-state index contributed by atoms with van der Waals surface area (Å²) < 4.78 is 5.38. The molecule has 1 unspecified atom stereocenters. The Morgan fingerprint density at radius 2 is 1.85 bits per heavy atom. The van der Waals surface area contributed by atoms with Crippen LogP contribution in [-0.2, 0) is 9.53 Å². The fourth-order valence-corrected chi connectivity index (χ4v) is 2.70. The number of urea groups is 1. The van der Waals surface area contributed by atoms with Gasteiger partial charge in [-0.3, -0.25) is 4.79 Å². The Balaban J connectivity index is 2.01. The monoisotopic (exact) mass is 283 g/mol. The van der Waals surface area contributed by atoms with Gasteiger partial charge in [0.05, 0.1) is 13.2 Å². The molecule has 114 valence electrons. The highest BCUT2D eigenvalue weighted by Crippen LogP contribution is 2.15. The van der Waals surface area contributed by atoms with Crippen molar-refractivity contribution in [1.29, 1.82) is 0 Å². The van der Waals surface area contributed by atoms with Crippen molar-refractivity contribution in [3.63, 3.8) is 0 Å². The Morgan fingerprint density at radius 1 is 1.15 bits per heavy atom. The molecule has 2 aliphatic rings. The van der Waals surface area contributed by atoms with Gasteiger partial charge in [-0.05, 0) is 33.1 Å². The maximum atomic E-state index is 12.6. The number of hydrogen-bond acceptors (Lipinski definition) is 3. The first-order valence-electron chi connectivity index (χ1n) is 7.53. The molecule has 0 bridgehead atoms. The zero-order chi connectivity index (χ0) is 14.5. The summed E-state index contributed by atoms with van der Waals surface area (Å²) >= 11 is 0. The third kappa shape index (κ3) is 3.62. The maximum absolute atomic E-state index is 12.6. The van der Waals surface area contributed by atoms with Gasteiger partial charge >= 0.3 is 6.03 Å². The van der Waals surface area contributed by atoms with E-state index in [-0.39, 0.29) is 24.6 Å². The molecule has 2 saturated heterocycles. The number of nitrogens with zero attached hydrogens (tertiary/aromatic N) is 2. The quantitative estimate of drug-likeness (QED) is 0.816. The molecule has 0 radical (unpaired) electrons. The SMILES string of the molecule is CC(C)NC(=O)C1COCCN1C(=O)N1CCCCC1. The van der Waals surface area contributed by atoms with E-state index in [4.69, 9.17) is 4.74 Å². The number of ether oxygens (including phenoxy) is 1. The fraction of sp³-hybridized carbons (Fsp3) is 0.857. The van der Waals surface area contributed by atoms with Crippen LogP contribution in [0.5, 0.6) is 0 Å². The number of carbonyl (C=O) groups is 2. The van der Waals surface area contributed by atoms with Gasteiger partial charge in [0.25, 0.3) is 0 Å². The van der Waals surface area contributed by atoms with E-state index < -0.39 is 6.04 Å². The van der Waals surface area contributed by atoms with Crippen LogP contribution in [0.3, 0.4) is 0 Å². The first-order valence-corrected chi connectivity index (χ1v) is 7.53. The molecular weight excluding hydrogens is 258 g/mol. The molecule has 6 heteroatoms. The lowest BCUT2D eigenvalue weighted by molar-refractivity contribution is -0.131. The van der Waals surface area contributed by atoms with Gasteiger partial charge in [0, 0.05) is 25.7 Å². The lowest BCUT2D eigenvalue weighted by atomic mass is 10.1. The van der Waals surface area contributed by atoms with Crippen molar-refractivity contribution >= 4 is 11.9 Å². The molecule has 3 amide bonds. The topological polar surface area (TPSA) is 61.9 Å². The Labute approximate surface area is 120 Å². The van der Waals surface area contributed by atoms with E-state index in [9.17, 15) is 9.59 Å². The Bertz CT molecular complexity index is 354. The molecule has 2 fully saturated rings. The summed E-state index contributed by atoms with van der Waals surface area (Å²) in [4.78, 5) is 28.3. The molecule has 0 aromatic heterocycles. The van der Waals surface area contributed by atoms with Gasteiger partial charge in [-0.1, -0.05) is 0 Å². The van der Waals surface area contributed by atoms with Crippen LogP contribution >= 0.6 is 0 Å². The van der Waals surface area contributed by atoms with Crippen LogP contribution in [0.2, 0.25) is 0 Å². The average Bonchev–Trinajstić information content (AvgIpc) is 2.46. The second-order valence-corrected chi connectivity index (χ2v) is 5.78. The van der Waals surface area contributed by atoms with Gasteiger partial charge in [-0.2, -0.15) is 0 Å². The second-order valence-electron chi connectivity index (χ2n) is 5.78. The molecule has 6 nitrogen and oxygen atoms in total. The zero-order valence-electron chi connectivity index (χ0n) is 12.4. The van der Waals surface area contributed by atoms with E-state index in [1.54, 1.807) is 4.90 Å². The van der Waals surface area contributed by atoms with Crippen LogP contribution < -0.4 is 5.32 Å².